The molecule has 2 aromatic rings. The fraction of sp³-hybridized carbons (Fsp3) is 0.250. The summed E-state index contributed by atoms with van der Waals surface area (Å²) in [5.74, 6) is 3.91. The second-order valence-corrected chi connectivity index (χ2v) is 4.93. The summed E-state index contributed by atoms with van der Waals surface area (Å²) in [4.78, 5) is 0. The molecule has 0 spiro atoms. The molecule has 1 aliphatic carbocycles. The summed E-state index contributed by atoms with van der Waals surface area (Å²) in [6.07, 6.45) is 7.65. The molecule has 3 rings (SSSR count). The Morgan fingerprint density at radius 1 is 1.30 bits per heavy atom. The number of nitrogens with one attached hydrogen (secondary N) is 1. The highest BCUT2D eigenvalue weighted by Crippen LogP contribution is 2.45. The van der Waals surface area contributed by atoms with Crippen molar-refractivity contribution >= 4 is 5.82 Å². The van der Waals surface area contributed by atoms with Crippen LogP contribution in [0.2, 0.25) is 0 Å². The van der Waals surface area contributed by atoms with Gasteiger partial charge in [0, 0.05) is 18.2 Å². The molecule has 1 aromatic heterocycles. The van der Waals surface area contributed by atoms with E-state index in [0.29, 0.717) is 17.0 Å². The van der Waals surface area contributed by atoms with E-state index in [1.165, 1.54) is 0 Å². The van der Waals surface area contributed by atoms with Crippen LogP contribution in [0.1, 0.15) is 29.9 Å². The Kier molecular flexibility index (Phi) is 3.03. The normalized spacial score (nSPS) is 13.8. The fourth-order valence-corrected chi connectivity index (χ4v) is 2.26. The van der Waals surface area contributed by atoms with Gasteiger partial charge >= 0.3 is 0 Å². The van der Waals surface area contributed by atoms with Crippen LogP contribution < -0.4 is 5.32 Å². The lowest BCUT2D eigenvalue weighted by Gasteiger charge is -2.10. The number of rotatable bonds is 3. The van der Waals surface area contributed by atoms with E-state index in [1.54, 1.807) is 18.2 Å². The third-order valence-electron chi connectivity index (χ3n) is 3.52. The van der Waals surface area contributed by atoms with E-state index in [2.05, 4.69) is 21.4 Å². The molecule has 2 N–H and O–H groups in total. The molecule has 100 valence electrons. The summed E-state index contributed by atoms with van der Waals surface area (Å²) in [7, 11) is 1.82. The van der Waals surface area contributed by atoms with Gasteiger partial charge in [0.05, 0.1) is 0 Å². The number of hydrogen-bond donors (Lipinski definition) is 2. The molecule has 0 unspecified atom stereocenters. The Morgan fingerprint density at radius 2 is 2.10 bits per heavy atom. The van der Waals surface area contributed by atoms with Crippen LogP contribution in [0.15, 0.2) is 24.3 Å². The number of aromatic nitrogens is 2. The van der Waals surface area contributed by atoms with Crippen LogP contribution in [0.3, 0.4) is 0 Å². The van der Waals surface area contributed by atoms with Gasteiger partial charge in [0.2, 0.25) is 0 Å². The summed E-state index contributed by atoms with van der Waals surface area (Å²) in [6.45, 7) is 0. The molecule has 1 aromatic carbocycles. The average molecular weight is 265 g/mol. The maximum atomic E-state index is 10.2. The van der Waals surface area contributed by atoms with Gasteiger partial charge in [-0.2, -0.15) is 0 Å². The second-order valence-electron chi connectivity index (χ2n) is 4.93. The smallest absolute Gasteiger partial charge is 0.148 e. The lowest BCUT2D eigenvalue weighted by Crippen LogP contribution is -2.00. The number of phenolic OH excluding ortho intramolecular Hbond substituents is 1. The average Bonchev–Trinajstić information content (AvgIpc) is 3.31. The molecule has 0 amide bonds. The molecule has 0 atom stereocenters. The van der Waals surface area contributed by atoms with Crippen LogP contribution in [0.25, 0.3) is 11.3 Å². The molecule has 4 nitrogen and oxygen atoms in total. The predicted molar refractivity (Wildman–Crippen MR) is 78.6 cm³/mol. The van der Waals surface area contributed by atoms with Gasteiger partial charge in [0.25, 0.3) is 0 Å². The highest BCUT2D eigenvalue weighted by molar-refractivity contribution is 5.72. The van der Waals surface area contributed by atoms with Crippen molar-refractivity contribution in [1.29, 1.82) is 0 Å². The molecule has 0 aliphatic heterocycles. The zero-order valence-corrected chi connectivity index (χ0v) is 11.2. The Hall–Kier alpha value is -2.54. The molecule has 0 saturated heterocycles. The highest BCUT2D eigenvalue weighted by Gasteiger charge is 2.28. The van der Waals surface area contributed by atoms with E-state index >= 15 is 0 Å². The number of terminal acetylenes is 1. The van der Waals surface area contributed by atoms with Crippen molar-refractivity contribution < 1.29 is 5.11 Å². The minimum Gasteiger partial charge on any atom is -0.507 e. The molecule has 1 heterocycles. The summed E-state index contributed by atoms with van der Waals surface area (Å²) in [5.41, 5.74) is 3.21. The molecular weight excluding hydrogens is 250 g/mol. The van der Waals surface area contributed by atoms with Crippen molar-refractivity contribution in [3.8, 4) is 29.4 Å². The van der Waals surface area contributed by atoms with Crippen LogP contribution in [0.5, 0.6) is 5.75 Å². The monoisotopic (exact) mass is 265 g/mol. The lowest BCUT2D eigenvalue weighted by atomic mass is 10.0. The number of nitrogens with zero attached hydrogens (tertiary/aromatic N) is 2. The summed E-state index contributed by atoms with van der Waals surface area (Å²) in [6, 6.07) is 7.20. The van der Waals surface area contributed by atoms with Crippen LogP contribution in [0, 0.1) is 12.3 Å². The van der Waals surface area contributed by atoms with Gasteiger partial charge in [0.15, 0.2) is 0 Å². The molecular formula is C16H15N3O. The Balaban J connectivity index is 2.12. The maximum Gasteiger partial charge on any atom is 0.148 e. The Labute approximate surface area is 117 Å². The SMILES string of the molecule is C#Cc1ccc(-c2nnc(NC)cc2C2CC2)c(O)c1. The standard InChI is InChI=1S/C16H15N3O/c1-3-10-4-7-12(14(20)8-10)16-13(11-5-6-11)9-15(17-2)18-19-16/h1,4,7-9,11,20H,5-6H2,2H3,(H,17,18). The summed E-state index contributed by atoms with van der Waals surface area (Å²) in [5, 5.41) is 21.5. The van der Waals surface area contributed by atoms with Crippen molar-refractivity contribution in [3.63, 3.8) is 0 Å². The van der Waals surface area contributed by atoms with Crippen molar-refractivity contribution in [2.24, 2.45) is 0 Å². The summed E-state index contributed by atoms with van der Waals surface area (Å²) >= 11 is 0. The second kappa shape index (κ2) is 4.86. The summed E-state index contributed by atoms with van der Waals surface area (Å²) < 4.78 is 0. The zero-order chi connectivity index (χ0) is 14.1. The number of benzene rings is 1. The number of hydrogen-bond acceptors (Lipinski definition) is 4. The first-order chi connectivity index (χ1) is 9.72. The van der Waals surface area contributed by atoms with Crippen LogP contribution >= 0.6 is 0 Å². The molecule has 1 aliphatic rings. The third kappa shape index (κ3) is 2.19. The highest BCUT2D eigenvalue weighted by atomic mass is 16.3. The van der Waals surface area contributed by atoms with Gasteiger partial charge < -0.3 is 10.4 Å². The van der Waals surface area contributed by atoms with Gasteiger partial charge in [-0.15, -0.1) is 16.6 Å². The first-order valence-electron chi connectivity index (χ1n) is 6.58. The molecule has 4 heteroatoms. The van der Waals surface area contributed by atoms with Crippen LogP contribution in [0.4, 0.5) is 5.82 Å². The first-order valence-corrected chi connectivity index (χ1v) is 6.58. The number of anilines is 1. The van der Waals surface area contributed by atoms with E-state index in [4.69, 9.17) is 6.42 Å². The third-order valence-corrected chi connectivity index (χ3v) is 3.52. The van der Waals surface area contributed by atoms with Crippen LogP contribution in [-0.4, -0.2) is 22.4 Å². The topological polar surface area (TPSA) is 58.0 Å². The number of phenols is 1. The van der Waals surface area contributed by atoms with Gasteiger partial charge in [-0.1, -0.05) is 5.92 Å². The molecule has 0 bridgehead atoms. The van der Waals surface area contributed by atoms with Gasteiger partial charge in [-0.3, -0.25) is 0 Å². The molecule has 1 fully saturated rings. The predicted octanol–water partition coefficient (Wildman–Crippen LogP) is 2.75. The Morgan fingerprint density at radius 3 is 2.70 bits per heavy atom. The minimum absolute atomic E-state index is 0.147. The molecule has 0 radical (unpaired) electrons. The van der Waals surface area contributed by atoms with Gasteiger partial charge in [-0.05, 0) is 48.6 Å². The van der Waals surface area contributed by atoms with Crippen molar-refractivity contribution in [2.45, 2.75) is 18.8 Å². The van der Waals surface area contributed by atoms with E-state index in [-0.39, 0.29) is 5.75 Å². The fourth-order valence-electron chi connectivity index (χ4n) is 2.26. The van der Waals surface area contributed by atoms with E-state index < -0.39 is 0 Å². The van der Waals surface area contributed by atoms with Crippen molar-refractivity contribution in [1.82, 2.24) is 10.2 Å². The van der Waals surface area contributed by atoms with E-state index in [9.17, 15) is 5.11 Å². The zero-order valence-electron chi connectivity index (χ0n) is 11.2. The van der Waals surface area contributed by atoms with Crippen molar-refractivity contribution in [3.05, 3.63) is 35.4 Å². The van der Waals surface area contributed by atoms with Crippen molar-refractivity contribution in [2.75, 3.05) is 12.4 Å². The van der Waals surface area contributed by atoms with Gasteiger partial charge in [0.1, 0.15) is 17.3 Å². The number of aromatic hydroxyl groups is 1. The first kappa shape index (κ1) is 12.5. The van der Waals surface area contributed by atoms with Gasteiger partial charge in [-0.25, -0.2) is 0 Å². The van der Waals surface area contributed by atoms with E-state index in [1.807, 2.05) is 13.1 Å². The molecule has 20 heavy (non-hydrogen) atoms. The Bertz CT molecular complexity index is 699. The lowest BCUT2D eigenvalue weighted by molar-refractivity contribution is 0.477. The largest absolute Gasteiger partial charge is 0.507 e. The minimum atomic E-state index is 0.147. The molecule has 1 saturated carbocycles. The van der Waals surface area contributed by atoms with E-state index in [0.717, 1.165) is 29.9 Å². The quantitative estimate of drug-likeness (QED) is 0.838. The van der Waals surface area contributed by atoms with Crippen LogP contribution in [-0.2, 0) is 0 Å². The maximum absolute atomic E-state index is 10.2.